The van der Waals surface area contributed by atoms with Crippen LogP contribution in [0.3, 0.4) is 0 Å². The SMILES string of the molecule is C#C/C(=C\C=C/C)c1ccc(C(N)CS(=O)(=O)O)cc1. The summed E-state index contributed by atoms with van der Waals surface area (Å²) in [4.78, 5) is 0. The highest BCUT2D eigenvalue weighted by Crippen LogP contribution is 2.18. The van der Waals surface area contributed by atoms with Crippen molar-refractivity contribution >= 4 is 15.7 Å². The second-order valence-corrected chi connectivity index (χ2v) is 5.72. The van der Waals surface area contributed by atoms with Crippen LogP contribution in [0.2, 0.25) is 0 Å². The molecule has 1 aromatic rings. The zero-order valence-electron chi connectivity index (χ0n) is 11.2. The molecule has 0 saturated heterocycles. The lowest BCUT2D eigenvalue weighted by Crippen LogP contribution is -2.21. The zero-order chi connectivity index (χ0) is 15.2. The van der Waals surface area contributed by atoms with Crippen LogP contribution in [0.25, 0.3) is 5.57 Å². The smallest absolute Gasteiger partial charge is 0.266 e. The molecule has 1 aromatic carbocycles. The summed E-state index contributed by atoms with van der Waals surface area (Å²) in [6.45, 7) is 1.89. The number of allylic oxidation sites excluding steroid dienone is 4. The Morgan fingerprint density at radius 1 is 1.45 bits per heavy atom. The van der Waals surface area contributed by atoms with Crippen LogP contribution in [-0.4, -0.2) is 18.7 Å². The lowest BCUT2D eigenvalue weighted by Gasteiger charge is -2.10. The van der Waals surface area contributed by atoms with Crippen LogP contribution in [0.4, 0.5) is 0 Å². The number of hydrogen-bond donors (Lipinski definition) is 2. The average Bonchev–Trinajstić information content (AvgIpc) is 2.38. The Kier molecular flexibility index (Phi) is 5.71. The van der Waals surface area contributed by atoms with Crippen LogP contribution in [-0.2, 0) is 10.1 Å². The predicted molar refractivity (Wildman–Crippen MR) is 81.4 cm³/mol. The highest BCUT2D eigenvalue weighted by Gasteiger charge is 2.14. The molecule has 0 aromatic heterocycles. The minimum atomic E-state index is -4.09. The first kappa shape index (κ1) is 16.2. The molecule has 4 nitrogen and oxygen atoms in total. The van der Waals surface area contributed by atoms with Crippen molar-refractivity contribution in [2.24, 2.45) is 5.73 Å². The quantitative estimate of drug-likeness (QED) is 0.495. The molecule has 0 bridgehead atoms. The van der Waals surface area contributed by atoms with Gasteiger partial charge < -0.3 is 5.73 Å². The van der Waals surface area contributed by atoms with Crippen LogP contribution >= 0.6 is 0 Å². The highest BCUT2D eigenvalue weighted by molar-refractivity contribution is 7.85. The lowest BCUT2D eigenvalue weighted by atomic mass is 10.0. The van der Waals surface area contributed by atoms with Crippen molar-refractivity contribution in [3.8, 4) is 12.3 Å². The van der Waals surface area contributed by atoms with Crippen molar-refractivity contribution in [1.82, 2.24) is 0 Å². The summed E-state index contributed by atoms with van der Waals surface area (Å²) in [7, 11) is -4.09. The normalized spacial score (nSPS) is 14.2. The molecule has 106 valence electrons. The monoisotopic (exact) mass is 291 g/mol. The molecule has 0 saturated carbocycles. The molecular weight excluding hydrogens is 274 g/mol. The zero-order valence-corrected chi connectivity index (χ0v) is 12.0. The first-order valence-electron chi connectivity index (χ1n) is 5.98. The standard InChI is InChI=1S/C15H17NO3S/c1-3-5-6-12(4-2)13-7-9-14(10-8-13)15(16)11-20(17,18)19/h2-3,5-10,15H,11,16H2,1H3,(H,17,18,19)/b5-3-,12-6+. The van der Waals surface area contributed by atoms with Gasteiger partial charge in [0.05, 0.1) is 5.75 Å². The van der Waals surface area contributed by atoms with E-state index in [9.17, 15) is 8.42 Å². The fourth-order valence-corrected chi connectivity index (χ4v) is 2.30. The molecule has 1 unspecified atom stereocenters. The van der Waals surface area contributed by atoms with Crippen LogP contribution < -0.4 is 5.73 Å². The maximum Gasteiger partial charge on any atom is 0.266 e. The van der Waals surface area contributed by atoms with E-state index in [0.717, 1.165) is 11.1 Å². The molecule has 1 atom stereocenters. The summed E-state index contributed by atoms with van der Waals surface area (Å²) in [6.07, 6.45) is 11.0. The van der Waals surface area contributed by atoms with E-state index in [1.54, 1.807) is 24.3 Å². The van der Waals surface area contributed by atoms with Gasteiger partial charge in [-0.05, 0) is 24.1 Å². The van der Waals surface area contributed by atoms with Gasteiger partial charge in [-0.2, -0.15) is 8.42 Å². The maximum absolute atomic E-state index is 10.8. The molecule has 0 fully saturated rings. The van der Waals surface area contributed by atoms with Gasteiger partial charge in [0.15, 0.2) is 0 Å². The van der Waals surface area contributed by atoms with E-state index in [2.05, 4.69) is 5.92 Å². The van der Waals surface area contributed by atoms with E-state index in [-0.39, 0.29) is 0 Å². The molecule has 0 aliphatic carbocycles. The summed E-state index contributed by atoms with van der Waals surface area (Å²) >= 11 is 0. The molecule has 0 spiro atoms. The Morgan fingerprint density at radius 3 is 2.50 bits per heavy atom. The molecule has 0 aliphatic rings. The Hall–Kier alpha value is -1.87. The van der Waals surface area contributed by atoms with Gasteiger partial charge in [0.1, 0.15) is 0 Å². The lowest BCUT2D eigenvalue weighted by molar-refractivity contribution is 0.478. The van der Waals surface area contributed by atoms with Gasteiger partial charge in [0.25, 0.3) is 10.1 Å². The third kappa shape index (κ3) is 5.02. The second kappa shape index (κ2) is 7.06. The fourth-order valence-electron chi connectivity index (χ4n) is 1.65. The highest BCUT2D eigenvalue weighted by atomic mass is 32.2. The molecular formula is C15H17NO3S. The van der Waals surface area contributed by atoms with Gasteiger partial charge >= 0.3 is 0 Å². The van der Waals surface area contributed by atoms with E-state index < -0.39 is 21.9 Å². The van der Waals surface area contributed by atoms with Crippen molar-refractivity contribution in [2.75, 3.05) is 5.75 Å². The first-order chi connectivity index (χ1) is 9.37. The summed E-state index contributed by atoms with van der Waals surface area (Å²) in [5, 5.41) is 0. The summed E-state index contributed by atoms with van der Waals surface area (Å²) < 4.78 is 30.4. The Morgan fingerprint density at radius 2 is 2.05 bits per heavy atom. The number of terminal acetylenes is 1. The summed E-state index contributed by atoms with van der Waals surface area (Å²) in [5.74, 6) is 2.07. The molecule has 0 heterocycles. The Bertz CT molecular complexity index is 649. The molecule has 20 heavy (non-hydrogen) atoms. The number of rotatable bonds is 5. The molecule has 1 rings (SSSR count). The largest absolute Gasteiger partial charge is 0.323 e. The number of hydrogen-bond acceptors (Lipinski definition) is 3. The van der Waals surface area contributed by atoms with E-state index in [1.807, 2.05) is 25.2 Å². The molecule has 5 heteroatoms. The molecule has 3 N–H and O–H groups in total. The van der Waals surface area contributed by atoms with Crippen LogP contribution in [0.5, 0.6) is 0 Å². The number of benzene rings is 1. The van der Waals surface area contributed by atoms with Crippen molar-refractivity contribution in [3.05, 3.63) is 53.6 Å². The minimum absolute atomic E-state index is 0.511. The van der Waals surface area contributed by atoms with Gasteiger partial charge in [0.2, 0.25) is 0 Å². The van der Waals surface area contributed by atoms with Crippen molar-refractivity contribution in [2.45, 2.75) is 13.0 Å². The third-order valence-electron chi connectivity index (χ3n) is 2.65. The van der Waals surface area contributed by atoms with Gasteiger partial charge in [-0.15, -0.1) is 6.42 Å². The van der Waals surface area contributed by atoms with Crippen LogP contribution in [0.15, 0.2) is 42.5 Å². The molecule has 0 aliphatic heterocycles. The fraction of sp³-hybridized carbons (Fsp3) is 0.200. The van der Waals surface area contributed by atoms with Gasteiger partial charge in [0, 0.05) is 11.6 Å². The topological polar surface area (TPSA) is 80.4 Å². The maximum atomic E-state index is 10.8. The first-order valence-corrected chi connectivity index (χ1v) is 7.59. The Balaban J connectivity index is 2.97. The van der Waals surface area contributed by atoms with Crippen LogP contribution in [0.1, 0.15) is 24.1 Å². The predicted octanol–water partition coefficient (Wildman–Crippen LogP) is 2.17. The summed E-state index contributed by atoms with van der Waals surface area (Å²) in [5.41, 5.74) is 7.90. The summed E-state index contributed by atoms with van der Waals surface area (Å²) in [6, 6.07) is 6.17. The van der Waals surface area contributed by atoms with Gasteiger partial charge in [-0.25, -0.2) is 0 Å². The van der Waals surface area contributed by atoms with Crippen molar-refractivity contribution in [3.63, 3.8) is 0 Å². The molecule has 0 radical (unpaired) electrons. The van der Waals surface area contributed by atoms with Crippen molar-refractivity contribution < 1.29 is 13.0 Å². The average molecular weight is 291 g/mol. The molecule has 0 amide bonds. The van der Waals surface area contributed by atoms with E-state index >= 15 is 0 Å². The second-order valence-electron chi connectivity index (χ2n) is 4.23. The third-order valence-corrected chi connectivity index (χ3v) is 3.43. The van der Waals surface area contributed by atoms with E-state index in [1.165, 1.54) is 0 Å². The number of nitrogens with two attached hydrogens (primary N) is 1. The van der Waals surface area contributed by atoms with Crippen LogP contribution in [0, 0.1) is 12.3 Å². The van der Waals surface area contributed by atoms with Gasteiger partial charge in [-0.3, -0.25) is 4.55 Å². The van der Waals surface area contributed by atoms with E-state index in [4.69, 9.17) is 16.7 Å². The van der Waals surface area contributed by atoms with Crippen molar-refractivity contribution in [1.29, 1.82) is 0 Å². The minimum Gasteiger partial charge on any atom is -0.323 e. The van der Waals surface area contributed by atoms with Gasteiger partial charge in [-0.1, -0.05) is 42.3 Å². The van der Waals surface area contributed by atoms with E-state index in [0.29, 0.717) is 5.56 Å². The Labute approximate surface area is 119 Å².